The third-order valence-corrected chi connectivity index (χ3v) is 6.72. The molecule has 1 heterocycles. The molecule has 2 aromatic rings. The van der Waals surface area contributed by atoms with Crippen LogP contribution >= 0.6 is 38.9 Å². The third kappa shape index (κ3) is 3.78. The smallest absolute Gasteiger partial charge is 0.242 e. The van der Waals surface area contributed by atoms with Crippen LogP contribution in [0.5, 0.6) is 0 Å². The SMILES string of the molecule is CCc1ccsc1CNS(=O)(=O)c1cc(Cl)cc(N)c1Br. The summed E-state index contributed by atoms with van der Waals surface area (Å²) < 4.78 is 27.7. The summed E-state index contributed by atoms with van der Waals surface area (Å²) in [5, 5.41) is 2.23. The summed E-state index contributed by atoms with van der Waals surface area (Å²) in [5.41, 5.74) is 7.16. The van der Waals surface area contributed by atoms with Crippen molar-refractivity contribution < 1.29 is 8.42 Å². The zero-order valence-electron chi connectivity index (χ0n) is 11.2. The highest BCUT2D eigenvalue weighted by Crippen LogP contribution is 2.31. The molecule has 4 nitrogen and oxygen atoms in total. The Morgan fingerprint density at radius 3 is 2.81 bits per heavy atom. The van der Waals surface area contributed by atoms with Gasteiger partial charge in [-0.2, -0.15) is 0 Å². The normalized spacial score (nSPS) is 11.8. The number of nitrogens with two attached hydrogens (primary N) is 1. The van der Waals surface area contributed by atoms with Gasteiger partial charge in [-0.25, -0.2) is 13.1 Å². The standard InChI is InChI=1S/C13H14BrClN2O2S2/c1-2-8-3-4-20-11(8)7-17-21(18,19)12-6-9(15)5-10(16)13(12)14/h3-6,17H,2,7,16H2,1H3. The van der Waals surface area contributed by atoms with Crippen molar-refractivity contribution in [2.75, 3.05) is 5.73 Å². The fraction of sp³-hybridized carbons (Fsp3) is 0.231. The Kier molecular flexibility index (Phi) is 5.32. The van der Waals surface area contributed by atoms with E-state index < -0.39 is 10.0 Å². The first-order chi connectivity index (χ1) is 9.85. The Morgan fingerprint density at radius 1 is 1.43 bits per heavy atom. The first-order valence-corrected chi connectivity index (χ1v) is 9.68. The Morgan fingerprint density at radius 2 is 2.14 bits per heavy atom. The number of hydrogen-bond acceptors (Lipinski definition) is 4. The van der Waals surface area contributed by atoms with Crippen molar-refractivity contribution in [3.63, 3.8) is 0 Å². The molecule has 8 heteroatoms. The molecular weight excluding hydrogens is 396 g/mol. The second-order valence-corrected chi connectivity index (χ2v) is 8.32. The summed E-state index contributed by atoms with van der Waals surface area (Å²) in [6, 6.07) is 4.88. The van der Waals surface area contributed by atoms with E-state index in [2.05, 4.69) is 20.7 Å². The summed E-state index contributed by atoms with van der Waals surface area (Å²) in [4.78, 5) is 1.05. The molecule has 2 rings (SSSR count). The Bertz CT molecular complexity index is 760. The highest BCUT2D eigenvalue weighted by molar-refractivity contribution is 9.10. The lowest BCUT2D eigenvalue weighted by molar-refractivity contribution is 0.581. The molecule has 0 spiro atoms. The van der Waals surface area contributed by atoms with Crippen LogP contribution in [0.15, 0.2) is 32.9 Å². The van der Waals surface area contributed by atoms with E-state index in [-0.39, 0.29) is 22.2 Å². The number of sulfonamides is 1. The van der Waals surface area contributed by atoms with E-state index in [1.54, 1.807) is 0 Å². The molecule has 0 aliphatic heterocycles. The summed E-state index contributed by atoms with van der Waals surface area (Å²) in [6.07, 6.45) is 0.869. The molecule has 0 aliphatic carbocycles. The van der Waals surface area contributed by atoms with Crippen LogP contribution in [0.25, 0.3) is 0 Å². The second kappa shape index (κ2) is 6.66. The number of thiophene rings is 1. The Hall–Kier alpha value is -0.600. The molecule has 0 radical (unpaired) electrons. The number of benzene rings is 1. The minimum atomic E-state index is -3.69. The Labute approximate surface area is 141 Å². The fourth-order valence-corrected chi connectivity index (χ4v) is 5.15. The van der Waals surface area contributed by atoms with Crippen molar-refractivity contribution in [3.05, 3.63) is 43.5 Å². The molecule has 21 heavy (non-hydrogen) atoms. The van der Waals surface area contributed by atoms with Gasteiger partial charge in [-0.05, 0) is 51.5 Å². The van der Waals surface area contributed by atoms with E-state index in [0.717, 1.165) is 16.9 Å². The average molecular weight is 410 g/mol. The van der Waals surface area contributed by atoms with E-state index in [9.17, 15) is 8.42 Å². The molecule has 0 aliphatic rings. The number of nitrogen functional groups attached to an aromatic ring is 1. The number of anilines is 1. The highest BCUT2D eigenvalue weighted by Gasteiger charge is 2.20. The van der Waals surface area contributed by atoms with E-state index in [1.807, 2.05) is 18.4 Å². The van der Waals surface area contributed by atoms with Gasteiger partial charge in [0.25, 0.3) is 0 Å². The zero-order chi connectivity index (χ0) is 15.6. The first kappa shape index (κ1) is 16.8. The maximum atomic E-state index is 12.4. The molecular formula is C13H14BrClN2O2S2. The van der Waals surface area contributed by atoms with Crippen LogP contribution in [0.4, 0.5) is 5.69 Å². The molecule has 0 saturated heterocycles. The summed E-state index contributed by atoms with van der Waals surface area (Å²) in [7, 11) is -3.69. The topological polar surface area (TPSA) is 72.2 Å². The van der Waals surface area contributed by atoms with Gasteiger partial charge < -0.3 is 5.73 Å². The molecule has 1 aromatic carbocycles. The van der Waals surface area contributed by atoms with Gasteiger partial charge in [0.15, 0.2) is 0 Å². The monoisotopic (exact) mass is 408 g/mol. The van der Waals surface area contributed by atoms with E-state index >= 15 is 0 Å². The van der Waals surface area contributed by atoms with E-state index in [4.69, 9.17) is 17.3 Å². The molecule has 114 valence electrons. The molecule has 0 atom stereocenters. The third-order valence-electron chi connectivity index (χ3n) is 2.96. The molecule has 0 amide bonds. The van der Waals surface area contributed by atoms with E-state index in [1.165, 1.54) is 23.5 Å². The van der Waals surface area contributed by atoms with Crippen LogP contribution in [0.3, 0.4) is 0 Å². The minimum Gasteiger partial charge on any atom is -0.398 e. The number of rotatable bonds is 5. The predicted octanol–water partition coefficient (Wildman–Crippen LogP) is 3.79. The van der Waals surface area contributed by atoms with Crippen LogP contribution in [0.2, 0.25) is 5.02 Å². The van der Waals surface area contributed by atoms with Crippen molar-refractivity contribution in [1.82, 2.24) is 4.72 Å². The van der Waals surface area contributed by atoms with Crippen LogP contribution in [-0.4, -0.2) is 8.42 Å². The van der Waals surface area contributed by atoms with Gasteiger partial charge in [0.2, 0.25) is 10.0 Å². The largest absolute Gasteiger partial charge is 0.398 e. The van der Waals surface area contributed by atoms with Gasteiger partial charge in [0.05, 0.1) is 9.37 Å². The van der Waals surface area contributed by atoms with Crippen LogP contribution in [0, 0.1) is 0 Å². The summed E-state index contributed by atoms with van der Waals surface area (Å²) in [5.74, 6) is 0. The highest BCUT2D eigenvalue weighted by atomic mass is 79.9. The van der Waals surface area contributed by atoms with Gasteiger partial charge in [0, 0.05) is 22.1 Å². The quantitative estimate of drug-likeness (QED) is 0.738. The van der Waals surface area contributed by atoms with Gasteiger partial charge in [-0.15, -0.1) is 11.3 Å². The Balaban J connectivity index is 2.27. The van der Waals surface area contributed by atoms with Gasteiger partial charge >= 0.3 is 0 Å². The van der Waals surface area contributed by atoms with Crippen LogP contribution in [-0.2, 0) is 23.0 Å². The van der Waals surface area contributed by atoms with Crippen molar-refractivity contribution >= 4 is 54.6 Å². The van der Waals surface area contributed by atoms with E-state index in [0.29, 0.717) is 4.47 Å². The molecule has 1 aromatic heterocycles. The number of halogens is 2. The molecule has 3 N–H and O–H groups in total. The average Bonchev–Trinajstić information content (AvgIpc) is 2.88. The molecule has 0 saturated carbocycles. The minimum absolute atomic E-state index is 0.0436. The van der Waals surface area contributed by atoms with Crippen molar-refractivity contribution in [2.24, 2.45) is 0 Å². The van der Waals surface area contributed by atoms with Crippen LogP contribution < -0.4 is 10.5 Å². The van der Waals surface area contributed by atoms with Crippen molar-refractivity contribution in [2.45, 2.75) is 24.8 Å². The number of nitrogens with one attached hydrogen (secondary N) is 1. The fourth-order valence-electron chi connectivity index (χ4n) is 1.86. The second-order valence-electron chi connectivity index (χ2n) is 4.35. The molecule has 0 unspecified atom stereocenters. The predicted molar refractivity (Wildman–Crippen MR) is 91.3 cm³/mol. The van der Waals surface area contributed by atoms with Crippen molar-refractivity contribution in [1.29, 1.82) is 0 Å². The van der Waals surface area contributed by atoms with Gasteiger partial charge in [0.1, 0.15) is 0 Å². The lowest BCUT2D eigenvalue weighted by Gasteiger charge is -2.11. The number of hydrogen-bond donors (Lipinski definition) is 2. The molecule has 0 bridgehead atoms. The summed E-state index contributed by atoms with van der Waals surface area (Å²) in [6.45, 7) is 2.29. The maximum Gasteiger partial charge on any atom is 0.242 e. The first-order valence-electron chi connectivity index (χ1n) is 6.14. The van der Waals surface area contributed by atoms with Crippen molar-refractivity contribution in [3.8, 4) is 0 Å². The van der Waals surface area contributed by atoms with Gasteiger partial charge in [-0.1, -0.05) is 18.5 Å². The maximum absolute atomic E-state index is 12.4. The number of aryl methyl sites for hydroxylation is 1. The lowest BCUT2D eigenvalue weighted by atomic mass is 10.2. The lowest BCUT2D eigenvalue weighted by Crippen LogP contribution is -2.24. The molecule has 0 fully saturated rings. The van der Waals surface area contributed by atoms with Gasteiger partial charge in [-0.3, -0.25) is 0 Å². The van der Waals surface area contributed by atoms with Crippen LogP contribution in [0.1, 0.15) is 17.4 Å². The zero-order valence-corrected chi connectivity index (χ0v) is 15.2. The summed E-state index contributed by atoms with van der Waals surface area (Å²) >= 11 is 10.6.